The van der Waals surface area contributed by atoms with Crippen LogP contribution in [-0.2, 0) is 10.0 Å². The molecule has 0 aromatic heterocycles. The van der Waals surface area contributed by atoms with E-state index in [1.54, 1.807) is 12.1 Å². The summed E-state index contributed by atoms with van der Waals surface area (Å²) in [7, 11) is -3.46. The van der Waals surface area contributed by atoms with E-state index in [1.807, 2.05) is 13.8 Å². The van der Waals surface area contributed by atoms with Gasteiger partial charge in [0, 0.05) is 11.7 Å². The molecule has 0 saturated carbocycles. The molecule has 5 heteroatoms. The second kappa shape index (κ2) is 6.20. The minimum atomic E-state index is -3.46. The van der Waals surface area contributed by atoms with Crippen LogP contribution in [0.25, 0.3) is 0 Å². The molecule has 4 nitrogen and oxygen atoms in total. The van der Waals surface area contributed by atoms with Crippen molar-refractivity contribution in [2.75, 3.05) is 5.73 Å². The summed E-state index contributed by atoms with van der Waals surface area (Å²) in [6.45, 7) is 5.82. The maximum absolute atomic E-state index is 12.1. The summed E-state index contributed by atoms with van der Waals surface area (Å²) in [6, 6.07) is 4.75. The number of sulfonamides is 1. The summed E-state index contributed by atoms with van der Waals surface area (Å²) in [5.74, 6) is 0. The maximum atomic E-state index is 12.1. The lowest BCUT2D eigenvalue weighted by Crippen LogP contribution is -2.32. The van der Waals surface area contributed by atoms with E-state index in [1.165, 1.54) is 6.07 Å². The van der Waals surface area contributed by atoms with E-state index in [4.69, 9.17) is 5.73 Å². The molecule has 0 fully saturated rings. The van der Waals surface area contributed by atoms with E-state index in [0.717, 1.165) is 24.8 Å². The van der Waals surface area contributed by atoms with E-state index in [2.05, 4.69) is 11.6 Å². The molecule has 0 aliphatic rings. The number of anilines is 1. The number of rotatable bonds is 6. The third-order valence-corrected chi connectivity index (χ3v) is 4.50. The fourth-order valence-electron chi connectivity index (χ4n) is 1.69. The standard InChI is InChI=1S/C13H22N2O2S/c1-4-5-6-11(3)15-18(16,17)12-8-7-10(2)13(14)9-12/h7-9,11,15H,4-6,14H2,1-3H3. The Labute approximate surface area is 110 Å². The van der Waals surface area contributed by atoms with Crippen LogP contribution in [0.4, 0.5) is 5.69 Å². The van der Waals surface area contributed by atoms with Crippen molar-refractivity contribution in [3.63, 3.8) is 0 Å². The van der Waals surface area contributed by atoms with Crippen molar-refractivity contribution in [1.82, 2.24) is 4.72 Å². The minimum absolute atomic E-state index is 0.0579. The summed E-state index contributed by atoms with van der Waals surface area (Å²) in [5.41, 5.74) is 7.12. The van der Waals surface area contributed by atoms with E-state index in [-0.39, 0.29) is 10.9 Å². The smallest absolute Gasteiger partial charge is 0.240 e. The number of hydrogen-bond acceptors (Lipinski definition) is 3. The van der Waals surface area contributed by atoms with Crippen LogP contribution in [0.1, 0.15) is 38.7 Å². The molecule has 0 aliphatic heterocycles. The van der Waals surface area contributed by atoms with Crippen molar-refractivity contribution in [2.45, 2.75) is 51.0 Å². The first-order valence-corrected chi connectivity index (χ1v) is 7.73. The Bertz CT molecular complexity index is 498. The fraction of sp³-hybridized carbons (Fsp3) is 0.538. The van der Waals surface area contributed by atoms with Gasteiger partial charge in [-0.2, -0.15) is 0 Å². The van der Waals surface area contributed by atoms with Gasteiger partial charge in [0.05, 0.1) is 4.90 Å². The molecule has 18 heavy (non-hydrogen) atoms. The first kappa shape index (κ1) is 15.0. The number of nitrogens with one attached hydrogen (secondary N) is 1. The quantitative estimate of drug-likeness (QED) is 0.780. The van der Waals surface area contributed by atoms with Crippen LogP contribution in [0, 0.1) is 6.92 Å². The first-order valence-electron chi connectivity index (χ1n) is 6.25. The number of unbranched alkanes of at least 4 members (excludes halogenated alkanes) is 1. The van der Waals surface area contributed by atoms with Crippen molar-refractivity contribution in [2.24, 2.45) is 0 Å². The molecule has 0 heterocycles. The van der Waals surface area contributed by atoms with Crippen LogP contribution in [-0.4, -0.2) is 14.5 Å². The lowest BCUT2D eigenvalue weighted by molar-refractivity contribution is 0.534. The van der Waals surface area contributed by atoms with Crippen LogP contribution >= 0.6 is 0 Å². The van der Waals surface area contributed by atoms with Gasteiger partial charge in [0.1, 0.15) is 0 Å². The topological polar surface area (TPSA) is 72.2 Å². The highest BCUT2D eigenvalue weighted by Crippen LogP contribution is 2.17. The predicted octanol–water partition coefficient (Wildman–Crippen LogP) is 2.43. The van der Waals surface area contributed by atoms with Gasteiger partial charge in [-0.15, -0.1) is 0 Å². The highest BCUT2D eigenvalue weighted by atomic mass is 32.2. The molecule has 1 atom stereocenters. The van der Waals surface area contributed by atoms with Gasteiger partial charge in [0.2, 0.25) is 10.0 Å². The van der Waals surface area contributed by atoms with Crippen LogP contribution in [0.5, 0.6) is 0 Å². The van der Waals surface area contributed by atoms with Gasteiger partial charge in [-0.3, -0.25) is 0 Å². The minimum Gasteiger partial charge on any atom is -0.398 e. The number of nitrogen functional groups attached to an aromatic ring is 1. The Morgan fingerprint density at radius 3 is 2.61 bits per heavy atom. The fourth-order valence-corrected chi connectivity index (χ4v) is 3.00. The summed E-state index contributed by atoms with van der Waals surface area (Å²) in [6.07, 6.45) is 2.92. The monoisotopic (exact) mass is 270 g/mol. The summed E-state index contributed by atoms with van der Waals surface area (Å²) in [5, 5.41) is 0. The molecule has 0 bridgehead atoms. The van der Waals surface area contributed by atoms with Crippen molar-refractivity contribution in [1.29, 1.82) is 0 Å². The average Bonchev–Trinajstić information content (AvgIpc) is 2.29. The van der Waals surface area contributed by atoms with Gasteiger partial charge in [-0.1, -0.05) is 25.8 Å². The molecule has 1 rings (SSSR count). The lowest BCUT2D eigenvalue weighted by Gasteiger charge is -2.14. The first-order chi connectivity index (χ1) is 8.36. The number of hydrogen-bond donors (Lipinski definition) is 2. The number of nitrogens with two attached hydrogens (primary N) is 1. The van der Waals surface area contributed by atoms with Gasteiger partial charge in [-0.25, -0.2) is 13.1 Å². The third kappa shape index (κ3) is 3.99. The number of benzene rings is 1. The molecule has 1 aromatic carbocycles. The third-order valence-electron chi connectivity index (χ3n) is 2.91. The van der Waals surface area contributed by atoms with E-state index in [0.29, 0.717) is 5.69 Å². The molecular formula is C13H22N2O2S. The zero-order valence-corrected chi connectivity index (χ0v) is 12.0. The largest absolute Gasteiger partial charge is 0.398 e. The van der Waals surface area contributed by atoms with Crippen LogP contribution in [0.15, 0.2) is 23.1 Å². The zero-order chi connectivity index (χ0) is 13.8. The predicted molar refractivity (Wildman–Crippen MR) is 74.9 cm³/mol. The van der Waals surface area contributed by atoms with Crippen LogP contribution in [0.3, 0.4) is 0 Å². The second-order valence-corrected chi connectivity index (χ2v) is 6.40. The zero-order valence-electron chi connectivity index (χ0n) is 11.2. The average molecular weight is 270 g/mol. The SMILES string of the molecule is CCCCC(C)NS(=O)(=O)c1ccc(C)c(N)c1. The molecule has 0 saturated heterocycles. The van der Waals surface area contributed by atoms with Crippen molar-refractivity contribution in [3.05, 3.63) is 23.8 Å². The van der Waals surface area contributed by atoms with Gasteiger partial charge in [0.25, 0.3) is 0 Å². The van der Waals surface area contributed by atoms with Crippen LogP contribution < -0.4 is 10.5 Å². The Morgan fingerprint density at radius 1 is 1.39 bits per heavy atom. The van der Waals surface area contributed by atoms with Crippen molar-refractivity contribution < 1.29 is 8.42 Å². The maximum Gasteiger partial charge on any atom is 0.240 e. The van der Waals surface area contributed by atoms with E-state index in [9.17, 15) is 8.42 Å². The summed E-state index contributed by atoms with van der Waals surface area (Å²) < 4.78 is 26.9. The van der Waals surface area contributed by atoms with Gasteiger partial charge >= 0.3 is 0 Å². The van der Waals surface area contributed by atoms with E-state index < -0.39 is 10.0 Å². The normalized spacial score (nSPS) is 13.5. The molecule has 102 valence electrons. The van der Waals surface area contributed by atoms with E-state index >= 15 is 0 Å². The molecule has 0 radical (unpaired) electrons. The second-order valence-electron chi connectivity index (χ2n) is 4.68. The Hall–Kier alpha value is -1.07. The molecule has 0 aliphatic carbocycles. The molecule has 1 unspecified atom stereocenters. The Balaban J connectivity index is 2.83. The Morgan fingerprint density at radius 2 is 2.06 bits per heavy atom. The summed E-state index contributed by atoms with van der Waals surface area (Å²) >= 11 is 0. The van der Waals surface area contributed by atoms with Gasteiger partial charge in [0.15, 0.2) is 0 Å². The molecular weight excluding hydrogens is 248 g/mol. The highest BCUT2D eigenvalue weighted by molar-refractivity contribution is 7.89. The van der Waals surface area contributed by atoms with Gasteiger partial charge in [-0.05, 0) is 38.0 Å². The number of aryl methyl sites for hydroxylation is 1. The molecule has 3 N–H and O–H groups in total. The lowest BCUT2D eigenvalue weighted by atomic mass is 10.2. The summed E-state index contributed by atoms with van der Waals surface area (Å²) in [4.78, 5) is 0.231. The van der Waals surface area contributed by atoms with Crippen molar-refractivity contribution in [3.8, 4) is 0 Å². The van der Waals surface area contributed by atoms with Gasteiger partial charge < -0.3 is 5.73 Å². The van der Waals surface area contributed by atoms with Crippen LogP contribution in [0.2, 0.25) is 0 Å². The molecule has 0 spiro atoms. The molecule has 1 aromatic rings. The van der Waals surface area contributed by atoms with Crippen molar-refractivity contribution >= 4 is 15.7 Å². The Kier molecular flexibility index (Phi) is 5.16. The highest BCUT2D eigenvalue weighted by Gasteiger charge is 2.17. The molecule has 0 amide bonds.